The Morgan fingerprint density at radius 2 is 1.79 bits per heavy atom. The molecule has 1 N–H and O–H groups in total. The van der Waals surface area contributed by atoms with Crippen LogP contribution in [0.5, 0.6) is 0 Å². The second-order valence-corrected chi connectivity index (χ2v) is 5.01. The number of nitrogens with one attached hydrogen (secondary N) is 1. The molecule has 0 saturated heterocycles. The van der Waals surface area contributed by atoms with E-state index in [4.69, 9.17) is 11.6 Å². The Morgan fingerprint density at radius 3 is 2.21 bits per heavy atom. The number of rotatable bonds is 6. The quantitative estimate of drug-likeness (QED) is 0.684. The molecule has 2 atom stereocenters. The number of alkyl halides is 1. The zero-order valence-corrected chi connectivity index (χ0v) is 10.4. The average Bonchev–Trinajstić information content (AvgIpc) is 2.02. The first kappa shape index (κ1) is 13.8. The summed E-state index contributed by atoms with van der Waals surface area (Å²) in [4.78, 5) is 11.2. The lowest BCUT2D eigenvalue weighted by Gasteiger charge is -2.15. The number of hydrogen-bond donors (Lipinski definition) is 1. The molecule has 0 radical (unpaired) electrons. The van der Waals surface area contributed by atoms with Gasteiger partial charge in [0.15, 0.2) is 0 Å². The summed E-state index contributed by atoms with van der Waals surface area (Å²) in [5.74, 6) is 0.675. The molecule has 0 aromatic heterocycles. The number of carbonyl (C=O) groups is 1. The van der Waals surface area contributed by atoms with Crippen molar-refractivity contribution in [2.24, 2.45) is 5.92 Å². The van der Waals surface area contributed by atoms with Crippen molar-refractivity contribution < 1.29 is 4.79 Å². The minimum atomic E-state index is -0.428. The molecular formula is C11H22ClNO. The second kappa shape index (κ2) is 7.10. The van der Waals surface area contributed by atoms with Gasteiger partial charge >= 0.3 is 0 Å². The van der Waals surface area contributed by atoms with Gasteiger partial charge in [-0.1, -0.05) is 26.7 Å². The predicted octanol–water partition coefficient (Wildman–Crippen LogP) is 2.94. The molecule has 0 fully saturated rings. The standard InChI is InChI=1S/C11H22ClNO/c1-8(2)6-5-7-9(3)13-11(14)10(4)12/h8-10H,5-7H2,1-4H3,(H,13,14)/t9-,10-/m1/s1. The van der Waals surface area contributed by atoms with Crippen LogP contribution in [-0.4, -0.2) is 17.3 Å². The largest absolute Gasteiger partial charge is 0.352 e. The average molecular weight is 220 g/mol. The Balaban J connectivity index is 3.55. The van der Waals surface area contributed by atoms with Crippen LogP contribution < -0.4 is 5.32 Å². The van der Waals surface area contributed by atoms with Gasteiger partial charge in [0.1, 0.15) is 5.38 Å². The first-order chi connectivity index (χ1) is 6.43. The first-order valence-corrected chi connectivity index (χ1v) is 5.81. The van der Waals surface area contributed by atoms with Gasteiger partial charge in [-0.2, -0.15) is 0 Å². The molecule has 0 aliphatic rings. The summed E-state index contributed by atoms with van der Waals surface area (Å²) in [5, 5.41) is 2.45. The Bertz CT molecular complexity index is 169. The van der Waals surface area contributed by atoms with Gasteiger partial charge < -0.3 is 5.32 Å². The molecule has 0 rings (SSSR count). The zero-order chi connectivity index (χ0) is 11.1. The van der Waals surface area contributed by atoms with Gasteiger partial charge in [0.25, 0.3) is 0 Å². The van der Waals surface area contributed by atoms with E-state index in [2.05, 4.69) is 19.2 Å². The highest BCUT2D eigenvalue weighted by atomic mass is 35.5. The van der Waals surface area contributed by atoms with Crippen LogP contribution in [0.15, 0.2) is 0 Å². The van der Waals surface area contributed by atoms with Crippen molar-refractivity contribution in [2.75, 3.05) is 0 Å². The molecule has 0 bridgehead atoms. The third-order valence-corrected chi connectivity index (χ3v) is 2.37. The molecule has 3 heteroatoms. The van der Waals surface area contributed by atoms with Crippen LogP contribution in [0, 0.1) is 5.92 Å². The molecule has 0 unspecified atom stereocenters. The van der Waals surface area contributed by atoms with E-state index in [1.165, 1.54) is 6.42 Å². The summed E-state index contributed by atoms with van der Waals surface area (Å²) >= 11 is 5.64. The number of halogens is 1. The van der Waals surface area contributed by atoms with E-state index in [1.54, 1.807) is 6.92 Å². The van der Waals surface area contributed by atoms with Crippen molar-refractivity contribution in [2.45, 2.75) is 58.4 Å². The Morgan fingerprint density at radius 1 is 1.21 bits per heavy atom. The van der Waals surface area contributed by atoms with Gasteiger partial charge in [-0.05, 0) is 26.2 Å². The maximum absolute atomic E-state index is 11.2. The van der Waals surface area contributed by atoms with Gasteiger partial charge in [-0.15, -0.1) is 11.6 Å². The summed E-state index contributed by atoms with van der Waals surface area (Å²) in [6.07, 6.45) is 3.42. The summed E-state index contributed by atoms with van der Waals surface area (Å²) in [6.45, 7) is 8.14. The maximum atomic E-state index is 11.2. The number of hydrogen-bond acceptors (Lipinski definition) is 1. The normalized spacial score (nSPS) is 15.3. The van der Waals surface area contributed by atoms with Crippen molar-refractivity contribution in [1.82, 2.24) is 5.32 Å². The van der Waals surface area contributed by atoms with Gasteiger partial charge in [0.05, 0.1) is 0 Å². The fraction of sp³-hybridized carbons (Fsp3) is 0.909. The maximum Gasteiger partial charge on any atom is 0.237 e. The minimum absolute atomic E-state index is 0.0660. The van der Waals surface area contributed by atoms with E-state index in [1.807, 2.05) is 6.92 Å². The van der Waals surface area contributed by atoms with Gasteiger partial charge in [-0.3, -0.25) is 4.79 Å². The molecule has 0 heterocycles. The van der Waals surface area contributed by atoms with Crippen LogP contribution in [0.3, 0.4) is 0 Å². The van der Waals surface area contributed by atoms with E-state index in [-0.39, 0.29) is 11.9 Å². The Labute approximate surface area is 92.4 Å². The van der Waals surface area contributed by atoms with Crippen LogP contribution in [0.1, 0.15) is 47.0 Å². The molecule has 14 heavy (non-hydrogen) atoms. The third kappa shape index (κ3) is 7.19. The molecule has 2 nitrogen and oxygen atoms in total. The lowest BCUT2D eigenvalue weighted by molar-refractivity contribution is -0.121. The lowest BCUT2D eigenvalue weighted by atomic mass is 10.0. The van der Waals surface area contributed by atoms with Crippen molar-refractivity contribution >= 4 is 17.5 Å². The van der Waals surface area contributed by atoms with E-state index >= 15 is 0 Å². The zero-order valence-electron chi connectivity index (χ0n) is 9.64. The van der Waals surface area contributed by atoms with E-state index in [9.17, 15) is 4.79 Å². The second-order valence-electron chi connectivity index (χ2n) is 4.35. The van der Waals surface area contributed by atoms with E-state index in [0.29, 0.717) is 0 Å². The van der Waals surface area contributed by atoms with Crippen molar-refractivity contribution in [3.05, 3.63) is 0 Å². The molecule has 0 spiro atoms. The topological polar surface area (TPSA) is 29.1 Å². The van der Waals surface area contributed by atoms with Crippen molar-refractivity contribution in [1.29, 1.82) is 0 Å². The highest BCUT2D eigenvalue weighted by Gasteiger charge is 2.11. The molecule has 84 valence electrons. The number of amides is 1. The van der Waals surface area contributed by atoms with Crippen molar-refractivity contribution in [3.63, 3.8) is 0 Å². The molecular weight excluding hydrogens is 198 g/mol. The van der Waals surface area contributed by atoms with Crippen LogP contribution >= 0.6 is 11.6 Å². The molecule has 0 aromatic rings. The summed E-state index contributed by atoms with van der Waals surface area (Å²) < 4.78 is 0. The van der Waals surface area contributed by atoms with E-state index in [0.717, 1.165) is 18.8 Å². The molecule has 1 amide bonds. The van der Waals surface area contributed by atoms with E-state index < -0.39 is 5.38 Å². The van der Waals surface area contributed by atoms with Crippen LogP contribution in [0.4, 0.5) is 0 Å². The summed E-state index contributed by atoms with van der Waals surface area (Å²) in [5.41, 5.74) is 0. The molecule has 0 aliphatic heterocycles. The lowest BCUT2D eigenvalue weighted by Crippen LogP contribution is -2.36. The first-order valence-electron chi connectivity index (χ1n) is 5.38. The smallest absolute Gasteiger partial charge is 0.237 e. The SMILES string of the molecule is CC(C)CCC[C@@H](C)NC(=O)[C@@H](C)Cl. The van der Waals surface area contributed by atoms with Crippen LogP contribution in [0.2, 0.25) is 0 Å². The van der Waals surface area contributed by atoms with Gasteiger partial charge in [-0.25, -0.2) is 0 Å². The van der Waals surface area contributed by atoms with Gasteiger partial charge in [0.2, 0.25) is 5.91 Å². The highest BCUT2D eigenvalue weighted by molar-refractivity contribution is 6.30. The fourth-order valence-electron chi connectivity index (χ4n) is 1.26. The molecule has 0 aromatic carbocycles. The van der Waals surface area contributed by atoms with Crippen molar-refractivity contribution in [3.8, 4) is 0 Å². The van der Waals surface area contributed by atoms with Crippen LogP contribution in [-0.2, 0) is 4.79 Å². The third-order valence-electron chi connectivity index (χ3n) is 2.17. The Hall–Kier alpha value is -0.240. The monoisotopic (exact) mass is 219 g/mol. The highest BCUT2D eigenvalue weighted by Crippen LogP contribution is 2.08. The Kier molecular flexibility index (Phi) is 6.98. The number of carbonyl (C=O) groups excluding carboxylic acids is 1. The molecule has 0 saturated carbocycles. The van der Waals surface area contributed by atoms with Crippen LogP contribution in [0.25, 0.3) is 0 Å². The predicted molar refractivity (Wildman–Crippen MR) is 61.6 cm³/mol. The summed E-state index contributed by atoms with van der Waals surface area (Å²) in [6, 6.07) is 0.238. The summed E-state index contributed by atoms with van der Waals surface area (Å²) in [7, 11) is 0. The van der Waals surface area contributed by atoms with Gasteiger partial charge in [0, 0.05) is 6.04 Å². The minimum Gasteiger partial charge on any atom is -0.352 e. The fourth-order valence-corrected chi connectivity index (χ4v) is 1.33. The molecule has 0 aliphatic carbocycles.